The predicted octanol–water partition coefficient (Wildman–Crippen LogP) is 8.16. The van der Waals surface area contributed by atoms with Crippen molar-refractivity contribution in [3.8, 4) is 0 Å². The van der Waals surface area contributed by atoms with Gasteiger partial charge in [-0.15, -0.1) is 0 Å². The van der Waals surface area contributed by atoms with E-state index >= 15 is 4.79 Å². The number of carbonyl (C=O) groups excluding carboxylic acids is 11. The molecule has 2 saturated heterocycles. The molecule has 22 atom stereocenters. The molecule has 0 spiro atoms. The van der Waals surface area contributed by atoms with E-state index in [1.807, 2.05) is 0 Å². The molecule has 2 heterocycles. The molecular weight excluding hydrogens is 1500 g/mol. The smallest absolute Gasteiger partial charge is 0.338 e. The Morgan fingerprint density at radius 3 is 1.17 bits per heavy atom. The minimum Gasteiger partial charge on any atom is -0.457 e. The van der Waals surface area contributed by atoms with Gasteiger partial charge in [0.15, 0.2) is 28.9 Å². The molecule has 2 unspecified atom stereocenters. The van der Waals surface area contributed by atoms with Gasteiger partial charge in [0.25, 0.3) is 5.91 Å². The molecular formula is C89H102N2O25. The second-order valence-corrected chi connectivity index (χ2v) is 33.7. The molecule has 5 aromatic rings. The van der Waals surface area contributed by atoms with Gasteiger partial charge in [-0.05, 0) is 111 Å². The molecule has 618 valence electrons. The molecule has 7 N–H and O–H groups in total. The zero-order chi connectivity index (χ0) is 84.5. The van der Waals surface area contributed by atoms with Crippen LogP contribution in [-0.4, -0.2) is 187 Å². The normalized spacial score (nSPS) is 33.3. The van der Waals surface area contributed by atoms with Crippen LogP contribution >= 0.6 is 0 Å². The lowest BCUT2D eigenvalue weighted by Crippen LogP contribution is -2.82. The Kier molecular flexibility index (Phi) is 23.6. The number of benzene rings is 5. The highest BCUT2D eigenvalue weighted by Gasteiger charge is 2.80. The summed E-state index contributed by atoms with van der Waals surface area (Å²) in [5.74, 6) is -13.0. The Balaban J connectivity index is 0.000000216. The molecule has 0 radical (unpaired) electrons. The fraction of sp³-hybridized carbons (Fsp3) is 0.494. The third-order valence-electron chi connectivity index (χ3n) is 26.4. The first-order chi connectivity index (χ1) is 54.6. The molecule has 6 fully saturated rings. The van der Waals surface area contributed by atoms with Crippen LogP contribution in [0, 0.1) is 45.3 Å². The van der Waals surface area contributed by atoms with Crippen LogP contribution in [0.2, 0.25) is 0 Å². The van der Waals surface area contributed by atoms with Crippen molar-refractivity contribution in [3.05, 3.63) is 202 Å². The van der Waals surface area contributed by atoms with Gasteiger partial charge in [-0.2, -0.15) is 0 Å². The minimum absolute atomic E-state index is 0.0364. The Morgan fingerprint density at radius 1 is 0.457 bits per heavy atom. The molecule has 4 saturated carbocycles. The number of aliphatic hydroxyl groups is 5. The van der Waals surface area contributed by atoms with Crippen LogP contribution < -0.4 is 10.6 Å². The first-order valence-electron chi connectivity index (χ1n) is 39.0. The van der Waals surface area contributed by atoms with E-state index < -0.39 is 207 Å². The highest BCUT2D eigenvalue weighted by atomic mass is 16.6. The quantitative estimate of drug-likeness (QED) is 0.0247. The van der Waals surface area contributed by atoms with Gasteiger partial charge in [-0.25, -0.2) is 9.59 Å². The summed E-state index contributed by atoms with van der Waals surface area (Å²) >= 11 is 0. The van der Waals surface area contributed by atoms with E-state index in [9.17, 15) is 73.5 Å². The van der Waals surface area contributed by atoms with E-state index in [0.717, 1.165) is 6.92 Å². The van der Waals surface area contributed by atoms with Crippen LogP contribution in [0.25, 0.3) is 0 Å². The van der Waals surface area contributed by atoms with E-state index in [2.05, 4.69) is 10.6 Å². The number of Topliss-reactive ketones (excluding diaryl/α,β-unsaturated/α-hetero) is 2. The zero-order valence-corrected chi connectivity index (χ0v) is 67.3. The lowest BCUT2D eigenvalue weighted by molar-refractivity contribution is -0.346. The molecule has 27 nitrogen and oxygen atoms in total. The number of nitrogens with one attached hydrogen (secondary N) is 2. The number of carbonyl (C=O) groups is 11. The van der Waals surface area contributed by atoms with E-state index in [-0.39, 0.29) is 66.2 Å². The van der Waals surface area contributed by atoms with Crippen molar-refractivity contribution >= 4 is 65.2 Å². The number of fused-ring (bicyclic) bond motifs is 10. The summed E-state index contributed by atoms with van der Waals surface area (Å²) in [7, 11) is 0. The molecule has 8 aliphatic rings. The van der Waals surface area contributed by atoms with Crippen molar-refractivity contribution in [2.45, 2.75) is 218 Å². The molecule has 116 heavy (non-hydrogen) atoms. The van der Waals surface area contributed by atoms with Crippen molar-refractivity contribution in [1.29, 1.82) is 0 Å². The summed E-state index contributed by atoms with van der Waals surface area (Å²) in [5.41, 5.74) is -12.5. The molecule has 0 aromatic heterocycles. The summed E-state index contributed by atoms with van der Waals surface area (Å²) in [6.45, 7) is 20.0. The van der Waals surface area contributed by atoms with Crippen LogP contribution in [0.5, 0.6) is 0 Å². The van der Waals surface area contributed by atoms with Gasteiger partial charge in [-0.1, -0.05) is 143 Å². The monoisotopic (exact) mass is 1600 g/mol. The topological polar surface area (TPSA) is 396 Å². The molecule has 6 aliphatic carbocycles. The third kappa shape index (κ3) is 14.4. The SMILES string of the molecule is CC(=O)N[C@@H](c1ccccc1)[C@@H](C)C(=O)O[C@H]1C[C@@]2(O)[C@@H](OC(=O)c3ccccc3)C3[C@](C)(C(=O)[C@H](O)C(=C1C)C2(C)C)[C@@H](O)C[C@H]1OC[C@@]31OC(C)=O.CC(=O)O[C@H]1C(=O)[C@@]2(C)C([C@H](OC(=O)c3ccccc3)[C@]3(O)C[C@H](OC(=O)[C@H](C)[C@@H](NC(=O)c4ccccc4)c4ccccc4)C(C)=C1C3(C)C)[C@]1(OC(C)=O)CO[C@@H]1C[C@@H]2O. The first kappa shape index (κ1) is 85.2. The van der Waals surface area contributed by atoms with Crippen molar-refractivity contribution in [3.63, 3.8) is 0 Å². The first-order valence-corrected chi connectivity index (χ1v) is 39.0. The molecule has 13 rings (SSSR count). The van der Waals surface area contributed by atoms with Gasteiger partial charge in [0.05, 0.1) is 83.1 Å². The maximum Gasteiger partial charge on any atom is 0.338 e. The highest BCUT2D eigenvalue weighted by Crippen LogP contribution is 2.67. The van der Waals surface area contributed by atoms with Gasteiger partial charge in [0, 0.05) is 69.8 Å². The molecule has 5 aromatic carbocycles. The zero-order valence-electron chi connectivity index (χ0n) is 67.3. The Labute approximate surface area is 672 Å². The summed E-state index contributed by atoms with van der Waals surface area (Å²) in [4.78, 5) is 152. The van der Waals surface area contributed by atoms with Gasteiger partial charge in [-0.3, -0.25) is 43.2 Å². The number of amides is 2. The number of hydrogen-bond acceptors (Lipinski definition) is 25. The van der Waals surface area contributed by atoms with Crippen LogP contribution in [0.4, 0.5) is 0 Å². The fourth-order valence-electron chi connectivity index (χ4n) is 19.9. The maximum absolute atomic E-state index is 15.5. The number of rotatable bonds is 18. The lowest BCUT2D eigenvalue weighted by Gasteiger charge is -2.67. The molecule has 27 heteroatoms. The van der Waals surface area contributed by atoms with Crippen LogP contribution in [0.3, 0.4) is 0 Å². The van der Waals surface area contributed by atoms with Crippen molar-refractivity contribution < 1.29 is 121 Å². The van der Waals surface area contributed by atoms with Gasteiger partial charge in [0.2, 0.25) is 5.91 Å². The average molecular weight is 1600 g/mol. The van der Waals surface area contributed by atoms with Crippen LogP contribution in [-0.2, 0) is 81.0 Å². The Hall–Kier alpha value is -10.1. The second-order valence-electron chi connectivity index (χ2n) is 33.7. The van der Waals surface area contributed by atoms with Gasteiger partial charge in [0.1, 0.15) is 53.9 Å². The summed E-state index contributed by atoms with van der Waals surface area (Å²) in [6.07, 6.45) is -15.8. The predicted molar refractivity (Wildman–Crippen MR) is 412 cm³/mol. The van der Waals surface area contributed by atoms with Gasteiger partial charge >= 0.3 is 41.8 Å². The summed E-state index contributed by atoms with van der Waals surface area (Å²) < 4.78 is 55.0. The highest BCUT2D eigenvalue weighted by molar-refractivity contribution is 5.97. The van der Waals surface area contributed by atoms with E-state index in [0.29, 0.717) is 22.3 Å². The molecule has 2 aliphatic heterocycles. The standard InChI is InChI=1S/C48H53NO13.C41H49NO12/c1-26-33(60-43(55)27(2)37(30-17-11-8-12-18-30)49-42(54)31-19-13-9-14-20-31)24-48(57)41(61-44(56)32-21-15-10-16-22-32)39-46(7,34(52)23-35-47(39,25-58-35)62-29(4)51)40(53)38(59-28(3)50)36(26)45(48,5)6;1-21-27(52-36(48)22(2)31(42-23(3)43)25-14-10-8-11-15-25)19-41(50)35(53-37(49)26-16-12-9-13-17-26)33-39(7,34(47)32(46)30(21)38(41,5)6)28(45)18-29-40(33,20-51-29)54-24(4)44/h8-22,27,33-35,37-39,41,52,57H,23-25H2,1-7H3,(H,49,54);8-17,22,27-29,31-33,35,45-46,50H,18-20H2,1-7H3,(H,42,43)/t27-,33+,34+,35-,37-,38-,39?,41+,46-,47+,48-;22-,27+,28+,29-,31-,32-,33?,35+,39-,40+,41-/m11/s1. The van der Waals surface area contributed by atoms with Crippen LogP contribution in [0.15, 0.2) is 174 Å². The molecule has 2 amide bonds. The summed E-state index contributed by atoms with van der Waals surface area (Å²) in [5, 5.41) is 69.0. The number of ketones is 2. The number of hydrogen-bond donors (Lipinski definition) is 7. The minimum atomic E-state index is -2.31. The number of esters is 7. The fourth-order valence-corrected chi connectivity index (χ4v) is 19.9. The molecule has 4 bridgehead atoms. The number of ether oxygens (including phenoxy) is 9. The maximum atomic E-state index is 15.5. The average Bonchev–Trinajstić information content (AvgIpc) is 0.673. The van der Waals surface area contributed by atoms with Crippen molar-refractivity contribution in [2.75, 3.05) is 13.2 Å². The third-order valence-corrected chi connectivity index (χ3v) is 26.4. The van der Waals surface area contributed by atoms with E-state index in [1.54, 1.807) is 183 Å². The van der Waals surface area contributed by atoms with Crippen LogP contribution in [0.1, 0.15) is 177 Å². The van der Waals surface area contributed by atoms with E-state index in [4.69, 9.17) is 42.6 Å². The Bertz CT molecular complexity index is 4730. The van der Waals surface area contributed by atoms with Gasteiger partial charge < -0.3 is 78.8 Å². The van der Waals surface area contributed by atoms with Crippen molar-refractivity contribution in [1.82, 2.24) is 10.6 Å². The largest absolute Gasteiger partial charge is 0.457 e. The van der Waals surface area contributed by atoms with E-state index in [1.165, 1.54) is 58.9 Å². The second kappa shape index (κ2) is 32.1. The lowest BCUT2D eigenvalue weighted by atomic mass is 9.44. The summed E-state index contributed by atoms with van der Waals surface area (Å²) in [6, 6.07) is 40.6. The Morgan fingerprint density at radius 2 is 0.810 bits per heavy atom. The van der Waals surface area contributed by atoms with Crippen molar-refractivity contribution in [2.24, 2.45) is 45.3 Å². The number of aliphatic hydroxyl groups excluding tert-OH is 3.